The summed E-state index contributed by atoms with van der Waals surface area (Å²) in [7, 11) is 1.87. The van der Waals surface area contributed by atoms with Crippen LogP contribution in [0.3, 0.4) is 0 Å². The lowest BCUT2D eigenvalue weighted by Gasteiger charge is -2.08. The molecule has 0 aliphatic carbocycles. The van der Waals surface area contributed by atoms with Gasteiger partial charge in [0, 0.05) is 25.0 Å². The third-order valence-corrected chi connectivity index (χ3v) is 3.05. The molecular weight excluding hydrogens is 266 g/mol. The molecule has 0 saturated carbocycles. The van der Waals surface area contributed by atoms with E-state index in [-0.39, 0.29) is 12.5 Å². The number of hydrogen-bond donors (Lipinski definition) is 2. The Balaban J connectivity index is 2.18. The molecule has 5 nitrogen and oxygen atoms in total. The van der Waals surface area contributed by atoms with Crippen LogP contribution in [0, 0.1) is 18.8 Å². The number of hydrogen-bond acceptors (Lipinski definition) is 3. The largest absolute Gasteiger partial charge is 0.384 e. The van der Waals surface area contributed by atoms with Crippen LogP contribution >= 0.6 is 0 Å². The molecule has 0 atom stereocenters. The third kappa shape index (κ3) is 3.71. The van der Waals surface area contributed by atoms with Crippen LogP contribution in [-0.2, 0) is 13.6 Å². The van der Waals surface area contributed by atoms with E-state index in [2.05, 4.69) is 22.1 Å². The summed E-state index contributed by atoms with van der Waals surface area (Å²) >= 11 is 0. The number of benzene rings is 1. The van der Waals surface area contributed by atoms with E-state index in [1.807, 2.05) is 30.8 Å². The van der Waals surface area contributed by atoms with Crippen molar-refractivity contribution >= 4 is 5.91 Å². The fraction of sp³-hybridized carbons (Fsp3) is 0.250. The molecule has 2 rings (SSSR count). The summed E-state index contributed by atoms with van der Waals surface area (Å²) < 4.78 is 1.85. The van der Waals surface area contributed by atoms with Gasteiger partial charge >= 0.3 is 0 Å². The third-order valence-electron chi connectivity index (χ3n) is 3.05. The average molecular weight is 283 g/mol. The molecule has 0 saturated heterocycles. The first-order valence-corrected chi connectivity index (χ1v) is 6.56. The fourth-order valence-corrected chi connectivity index (χ4v) is 1.91. The van der Waals surface area contributed by atoms with Crippen LogP contribution in [-0.4, -0.2) is 27.2 Å². The van der Waals surface area contributed by atoms with Crippen molar-refractivity contribution in [2.75, 3.05) is 6.61 Å². The van der Waals surface area contributed by atoms with Crippen molar-refractivity contribution in [3.8, 4) is 11.8 Å². The maximum Gasteiger partial charge on any atom is 0.252 e. The Morgan fingerprint density at radius 1 is 1.48 bits per heavy atom. The number of aryl methyl sites for hydroxylation is 2. The van der Waals surface area contributed by atoms with Crippen LogP contribution in [0.4, 0.5) is 0 Å². The highest BCUT2D eigenvalue weighted by atomic mass is 16.2. The van der Waals surface area contributed by atoms with Crippen LogP contribution in [0.2, 0.25) is 0 Å². The SMILES string of the molecule is Cc1ccc(C#CCO)c(C(=O)NCc2nccn2C)c1. The van der Waals surface area contributed by atoms with Gasteiger partial charge in [0.1, 0.15) is 12.4 Å². The summed E-state index contributed by atoms with van der Waals surface area (Å²) in [6.07, 6.45) is 3.51. The molecule has 1 heterocycles. The maximum atomic E-state index is 12.3. The molecule has 5 heteroatoms. The van der Waals surface area contributed by atoms with Gasteiger partial charge in [0.15, 0.2) is 0 Å². The van der Waals surface area contributed by atoms with Gasteiger partial charge in [-0.3, -0.25) is 4.79 Å². The van der Waals surface area contributed by atoms with E-state index in [0.29, 0.717) is 17.7 Å². The summed E-state index contributed by atoms with van der Waals surface area (Å²) in [4.78, 5) is 16.5. The highest BCUT2D eigenvalue weighted by Crippen LogP contribution is 2.11. The zero-order valence-electron chi connectivity index (χ0n) is 12.1. The number of carbonyl (C=O) groups is 1. The zero-order chi connectivity index (χ0) is 15.2. The number of nitrogens with zero attached hydrogens (tertiary/aromatic N) is 2. The predicted octanol–water partition coefficient (Wildman–Crippen LogP) is 1.00. The molecule has 1 aromatic heterocycles. The Morgan fingerprint density at radius 3 is 2.95 bits per heavy atom. The van der Waals surface area contributed by atoms with Gasteiger partial charge in [-0.25, -0.2) is 4.98 Å². The fourth-order valence-electron chi connectivity index (χ4n) is 1.91. The lowest BCUT2D eigenvalue weighted by molar-refractivity contribution is 0.0949. The van der Waals surface area contributed by atoms with E-state index < -0.39 is 0 Å². The van der Waals surface area contributed by atoms with Gasteiger partial charge in [-0.2, -0.15) is 0 Å². The first-order valence-electron chi connectivity index (χ1n) is 6.56. The monoisotopic (exact) mass is 283 g/mol. The standard InChI is InChI=1S/C16H17N3O2/c1-12-5-6-13(4-3-9-20)14(10-12)16(21)18-11-15-17-7-8-19(15)2/h5-8,10,20H,9,11H2,1-2H3,(H,18,21). The minimum absolute atomic E-state index is 0.205. The molecule has 2 N–H and O–H groups in total. The molecule has 0 aliphatic rings. The van der Waals surface area contributed by atoms with Crippen molar-refractivity contribution in [1.29, 1.82) is 0 Å². The van der Waals surface area contributed by atoms with E-state index in [1.54, 1.807) is 18.3 Å². The molecule has 0 radical (unpaired) electrons. The molecule has 0 aliphatic heterocycles. The second-order valence-corrected chi connectivity index (χ2v) is 4.65. The van der Waals surface area contributed by atoms with Crippen LogP contribution in [0.25, 0.3) is 0 Å². The van der Waals surface area contributed by atoms with Crippen molar-refractivity contribution in [3.05, 3.63) is 53.1 Å². The summed E-state index contributed by atoms with van der Waals surface area (Å²) in [5.74, 6) is 5.93. The highest BCUT2D eigenvalue weighted by Gasteiger charge is 2.11. The van der Waals surface area contributed by atoms with Crippen LogP contribution in [0.1, 0.15) is 27.3 Å². The first kappa shape index (κ1) is 14.8. The van der Waals surface area contributed by atoms with Gasteiger partial charge in [-0.1, -0.05) is 23.5 Å². The summed E-state index contributed by atoms with van der Waals surface area (Å²) in [5.41, 5.74) is 2.09. The second-order valence-electron chi connectivity index (χ2n) is 4.65. The molecule has 21 heavy (non-hydrogen) atoms. The number of aromatic nitrogens is 2. The number of carbonyl (C=O) groups excluding carboxylic acids is 1. The number of rotatable bonds is 3. The number of amides is 1. The second kappa shape index (κ2) is 6.73. The smallest absolute Gasteiger partial charge is 0.252 e. The van der Waals surface area contributed by atoms with Gasteiger partial charge in [0.25, 0.3) is 5.91 Å². The van der Waals surface area contributed by atoms with Gasteiger partial charge in [-0.15, -0.1) is 0 Å². The predicted molar refractivity (Wildman–Crippen MR) is 79.5 cm³/mol. The maximum absolute atomic E-state index is 12.3. The molecule has 1 amide bonds. The Kier molecular flexibility index (Phi) is 4.75. The van der Waals surface area contributed by atoms with E-state index in [1.165, 1.54) is 0 Å². The van der Waals surface area contributed by atoms with Crippen molar-refractivity contribution in [2.24, 2.45) is 7.05 Å². The molecule has 0 spiro atoms. The van der Waals surface area contributed by atoms with Gasteiger partial charge < -0.3 is 15.0 Å². The van der Waals surface area contributed by atoms with E-state index in [9.17, 15) is 4.79 Å². The van der Waals surface area contributed by atoms with E-state index >= 15 is 0 Å². The van der Waals surface area contributed by atoms with Gasteiger partial charge in [-0.05, 0) is 19.1 Å². The number of aliphatic hydroxyl groups excluding tert-OH is 1. The summed E-state index contributed by atoms with van der Waals surface area (Å²) in [5, 5.41) is 11.6. The molecular formula is C16H17N3O2. The Hall–Kier alpha value is -2.58. The van der Waals surface area contributed by atoms with Crippen molar-refractivity contribution in [1.82, 2.24) is 14.9 Å². The number of nitrogens with one attached hydrogen (secondary N) is 1. The number of aliphatic hydroxyl groups is 1. The number of imidazole rings is 1. The quantitative estimate of drug-likeness (QED) is 0.826. The normalized spacial score (nSPS) is 9.86. The summed E-state index contributed by atoms with van der Waals surface area (Å²) in [6, 6.07) is 5.46. The van der Waals surface area contributed by atoms with E-state index in [4.69, 9.17) is 5.11 Å². The summed E-state index contributed by atoms with van der Waals surface area (Å²) in [6.45, 7) is 2.03. The highest BCUT2D eigenvalue weighted by molar-refractivity contribution is 5.96. The lowest BCUT2D eigenvalue weighted by Crippen LogP contribution is -2.25. The van der Waals surface area contributed by atoms with Crippen LogP contribution in [0.5, 0.6) is 0 Å². The Labute approximate surface area is 123 Å². The van der Waals surface area contributed by atoms with Crippen LogP contribution in [0.15, 0.2) is 30.6 Å². The van der Waals surface area contributed by atoms with Crippen molar-refractivity contribution < 1.29 is 9.90 Å². The molecule has 108 valence electrons. The molecule has 0 bridgehead atoms. The minimum atomic E-state index is -0.234. The van der Waals surface area contributed by atoms with Gasteiger partial charge in [0.05, 0.1) is 12.1 Å². The molecule has 1 aromatic carbocycles. The minimum Gasteiger partial charge on any atom is -0.384 e. The molecule has 2 aromatic rings. The first-order chi connectivity index (χ1) is 10.1. The Morgan fingerprint density at radius 2 is 2.29 bits per heavy atom. The van der Waals surface area contributed by atoms with Crippen molar-refractivity contribution in [3.63, 3.8) is 0 Å². The average Bonchev–Trinajstić information content (AvgIpc) is 2.88. The zero-order valence-corrected chi connectivity index (χ0v) is 12.1. The lowest BCUT2D eigenvalue weighted by atomic mass is 10.0. The van der Waals surface area contributed by atoms with Crippen molar-refractivity contribution in [2.45, 2.75) is 13.5 Å². The molecule has 0 fully saturated rings. The van der Waals surface area contributed by atoms with Gasteiger partial charge in [0.2, 0.25) is 0 Å². The van der Waals surface area contributed by atoms with E-state index in [0.717, 1.165) is 11.4 Å². The Bertz CT molecular complexity index is 708. The topological polar surface area (TPSA) is 67.2 Å². The molecule has 0 unspecified atom stereocenters. The van der Waals surface area contributed by atoms with Crippen LogP contribution < -0.4 is 5.32 Å².